The molecular formula is C18H25N5OS. The number of aromatic amines is 1. The minimum Gasteiger partial charge on any atom is -0.349 e. The molecule has 3 heterocycles. The van der Waals surface area contributed by atoms with Gasteiger partial charge in [-0.2, -0.15) is 0 Å². The van der Waals surface area contributed by atoms with Gasteiger partial charge in [0.05, 0.1) is 17.9 Å². The highest BCUT2D eigenvalue weighted by atomic mass is 32.2. The van der Waals surface area contributed by atoms with Crippen LogP contribution < -0.4 is 9.62 Å². The molecule has 1 fully saturated rings. The summed E-state index contributed by atoms with van der Waals surface area (Å²) < 4.78 is 3.40. The van der Waals surface area contributed by atoms with Crippen LogP contribution in [0.5, 0.6) is 0 Å². The molecule has 0 radical (unpaired) electrons. The molecule has 0 unspecified atom stereocenters. The summed E-state index contributed by atoms with van der Waals surface area (Å²) in [5, 5.41) is 1.06. The van der Waals surface area contributed by atoms with E-state index in [2.05, 4.69) is 25.8 Å². The highest BCUT2D eigenvalue weighted by molar-refractivity contribution is 7.96. The first-order chi connectivity index (χ1) is 12.2. The molecule has 1 saturated carbocycles. The summed E-state index contributed by atoms with van der Waals surface area (Å²) in [6, 6.07) is 2.53. The zero-order valence-corrected chi connectivity index (χ0v) is 15.6. The molecule has 134 valence electrons. The van der Waals surface area contributed by atoms with Gasteiger partial charge in [-0.1, -0.05) is 11.9 Å². The first-order valence-corrected chi connectivity index (χ1v) is 10.2. The van der Waals surface area contributed by atoms with E-state index in [0.29, 0.717) is 12.7 Å². The smallest absolute Gasteiger partial charge is 0.258 e. The number of pyridine rings is 1. The van der Waals surface area contributed by atoms with Crippen LogP contribution in [0.25, 0.3) is 11.0 Å². The molecule has 4 rings (SSSR count). The Labute approximate surface area is 152 Å². The Morgan fingerprint density at radius 1 is 1.36 bits per heavy atom. The second kappa shape index (κ2) is 6.88. The number of hydrogen-bond acceptors (Lipinski definition) is 5. The number of H-pyrrole nitrogens is 1. The van der Waals surface area contributed by atoms with Crippen LogP contribution in [0.2, 0.25) is 0 Å². The van der Waals surface area contributed by atoms with Crippen molar-refractivity contribution in [3.63, 3.8) is 0 Å². The van der Waals surface area contributed by atoms with Crippen molar-refractivity contribution >= 4 is 34.6 Å². The number of rotatable bonds is 4. The zero-order chi connectivity index (χ0) is 17.4. The van der Waals surface area contributed by atoms with Crippen LogP contribution in [0.1, 0.15) is 36.0 Å². The molecule has 2 aromatic rings. The second-order valence-electron chi connectivity index (χ2n) is 7.10. The van der Waals surface area contributed by atoms with Gasteiger partial charge < -0.3 is 14.8 Å². The lowest BCUT2D eigenvalue weighted by Gasteiger charge is -2.43. The van der Waals surface area contributed by atoms with Crippen molar-refractivity contribution in [2.24, 2.45) is 5.92 Å². The second-order valence-corrected chi connectivity index (χ2v) is 7.80. The Bertz CT molecular complexity index is 768. The third kappa shape index (κ3) is 3.00. The largest absolute Gasteiger partial charge is 0.349 e. The molecule has 25 heavy (non-hydrogen) atoms. The van der Waals surface area contributed by atoms with Crippen LogP contribution in [0.15, 0.2) is 18.5 Å². The summed E-state index contributed by atoms with van der Waals surface area (Å²) in [5.41, 5.74) is 2.66. The van der Waals surface area contributed by atoms with Crippen molar-refractivity contribution in [2.45, 2.75) is 31.7 Å². The SMILES string of the molecule is CSNC[C@H]1CC[C@H](N2CN(C)C(=O)c3cnc4[nH]ccc4c32)CC1. The first kappa shape index (κ1) is 16.7. The van der Waals surface area contributed by atoms with Gasteiger partial charge in [0.2, 0.25) is 0 Å². The Balaban J connectivity index is 1.62. The van der Waals surface area contributed by atoms with E-state index in [9.17, 15) is 4.79 Å². The maximum absolute atomic E-state index is 12.6. The standard InChI is InChI=1S/C18H25N5OS/c1-22-11-23(13-5-3-12(4-6-13)9-21-25-2)16-14-7-8-19-17(14)20-10-15(16)18(22)24/h7-8,10,12-13,21H,3-6,9,11H2,1-2H3,(H,19,20)/t12-,13-. The van der Waals surface area contributed by atoms with E-state index in [-0.39, 0.29) is 5.91 Å². The van der Waals surface area contributed by atoms with Crippen molar-refractivity contribution in [3.8, 4) is 0 Å². The van der Waals surface area contributed by atoms with E-state index in [4.69, 9.17) is 0 Å². The van der Waals surface area contributed by atoms with Gasteiger partial charge in [-0.25, -0.2) is 4.98 Å². The van der Waals surface area contributed by atoms with Gasteiger partial charge in [0.1, 0.15) is 5.65 Å². The summed E-state index contributed by atoms with van der Waals surface area (Å²) in [7, 11) is 1.88. The molecule has 6 nitrogen and oxygen atoms in total. The molecular weight excluding hydrogens is 334 g/mol. The van der Waals surface area contributed by atoms with Crippen molar-refractivity contribution < 1.29 is 4.79 Å². The molecule has 0 spiro atoms. The molecule has 2 aliphatic rings. The average Bonchev–Trinajstić information content (AvgIpc) is 3.12. The van der Waals surface area contributed by atoms with Crippen LogP contribution in [0.4, 0.5) is 5.69 Å². The van der Waals surface area contributed by atoms with Gasteiger partial charge in [-0.15, -0.1) is 0 Å². The van der Waals surface area contributed by atoms with Crippen molar-refractivity contribution in [1.82, 2.24) is 19.6 Å². The monoisotopic (exact) mass is 359 g/mol. The number of amides is 1. The lowest BCUT2D eigenvalue weighted by Crippen LogP contribution is -2.50. The predicted octanol–water partition coefficient (Wildman–Crippen LogP) is 2.84. The van der Waals surface area contributed by atoms with E-state index in [1.165, 1.54) is 25.7 Å². The summed E-state index contributed by atoms with van der Waals surface area (Å²) in [4.78, 5) is 24.5. The number of carbonyl (C=O) groups excluding carboxylic acids is 1. The number of nitrogens with zero attached hydrogens (tertiary/aromatic N) is 3. The molecule has 7 heteroatoms. The van der Waals surface area contributed by atoms with Gasteiger partial charge in [-0.3, -0.25) is 9.52 Å². The predicted molar refractivity (Wildman–Crippen MR) is 103 cm³/mol. The van der Waals surface area contributed by atoms with Gasteiger partial charge in [0, 0.05) is 37.4 Å². The molecule has 1 amide bonds. The number of nitrogens with one attached hydrogen (secondary N) is 2. The molecule has 0 saturated heterocycles. The molecule has 2 aromatic heterocycles. The highest BCUT2D eigenvalue weighted by Gasteiger charge is 2.35. The van der Waals surface area contributed by atoms with E-state index in [0.717, 1.165) is 34.7 Å². The first-order valence-electron chi connectivity index (χ1n) is 8.93. The van der Waals surface area contributed by atoms with Crippen molar-refractivity contribution in [3.05, 3.63) is 24.0 Å². The topological polar surface area (TPSA) is 64.3 Å². The van der Waals surface area contributed by atoms with Gasteiger partial charge in [0.25, 0.3) is 5.91 Å². The maximum Gasteiger partial charge on any atom is 0.258 e. The minimum absolute atomic E-state index is 0.0692. The number of fused-ring (bicyclic) bond motifs is 3. The van der Waals surface area contributed by atoms with Gasteiger partial charge in [-0.05, 0) is 43.9 Å². The van der Waals surface area contributed by atoms with Crippen molar-refractivity contribution in [1.29, 1.82) is 0 Å². The normalized spacial score (nSPS) is 24.0. The number of carbonyl (C=O) groups is 1. The molecule has 0 aromatic carbocycles. The van der Waals surface area contributed by atoms with Crippen molar-refractivity contribution in [2.75, 3.05) is 31.4 Å². The van der Waals surface area contributed by atoms with E-state index < -0.39 is 0 Å². The third-order valence-corrected chi connectivity index (χ3v) is 6.02. The van der Waals surface area contributed by atoms with Crippen LogP contribution >= 0.6 is 11.9 Å². The molecule has 0 atom stereocenters. The van der Waals surface area contributed by atoms with Crippen LogP contribution in [0, 0.1) is 5.92 Å². The molecule has 0 bridgehead atoms. The summed E-state index contributed by atoms with van der Waals surface area (Å²) in [6.07, 6.45) is 10.6. The maximum atomic E-state index is 12.6. The summed E-state index contributed by atoms with van der Waals surface area (Å²) >= 11 is 1.70. The van der Waals surface area contributed by atoms with Crippen LogP contribution in [-0.4, -0.2) is 53.3 Å². The average molecular weight is 359 g/mol. The van der Waals surface area contributed by atoms with E-state index in [1.54, 1.807) is 18.1 Å². The van der Waals surface area contributed by atoms with Gasteiger partial charge in [0.15, 0.2) is 0 Å². The fourth-order valence-electron chi connectivity index (χ4n) is 4.19. The highest BCUT2D eigenvalue weighted by Crippen LogP contribution is 2.38. The lowest BCUT2D eigenvalue weighted by molar-refractivity contribution is 0.0774. The number of hydrogen-bond donors (Lipinski definition) is 2. The fourth-order valence-corrected chi connectivity index (χ4v) is 4.59. The zero-order valence-electron chi connectivity index (χ0n) is 14.8. The van der Waals surface area contributed by atoms with E-state index >= 15 is 0 Å². The van der Waals surface area contributed by atoms with Crippen LogP contribution in [0.3, 0.4) is 0 Å². The Morgan fingerprint density at radius 2 is 2.16 bits per heavy atom. The minimum atomic E-state index is 0.0692. The Morgan fingerprint density at radius 3 is 2.92 bits per heavy atom. The fraction of sp³-hybridized carbons (Fsp3) is 0.556. The van der Waals surface area contributed by atoms with Crippen LogP contribution in [-0.2, 0) is 0 Å². The quantitative estimate of drug-likeness (QED) is 0.822. The lowest BCUT2D eigenvalue weighted by atomic mass is 9.85. The summed E-state index contributed by atoms with van der Waals surface area (Å²) in [6.45, 7) is 1.75. The molecule has 2 N–H and O–H groups in total. The van der Waals surface area contributed by atoms with Gasteiger partial charge >= 0.3 is 0 Å². The number of aromatic nitrogens is 2. The Kier molecular flexibility index (Phi) is 4.60. The number of anilines is 1. The molecule has 1 aliphatic carbocycles. The summed E-state index contributed by atoms with van der Waals surface area (Å²) in [5.74, 6) is 0.830. The Hall–Kier alpha value is -1.73. The third-order valence-electron chi connectivity index (χ3n) is 5.56. The van der Waals surface area contributed by atoms with E-state index in [1.807, 2.05) is 24.2 Å². The molecule has 1 aliphatic heterocycles.